The molecule has 192 valence electrons. The van der Waals surface area contributed by atoms with E-state index < -0.39 is 0 Å². The van der Waals surface area contributed by atoms with Gasteiger partial charge in [0.1, 0.15) is 5.84 Å². The van der Waals surface area contributed by atoms with Crippen LogP contribution in [0.5, 0.6) is 0 Å². The number of aromatic nitrogens is 1. The third-order valence-electron chi connectivity index (χ3n) is 4.62. The molecule has 1 heterocycles. The van der Waals surface area contributed by atoms with Crippen LogP contribution in [0.2, 0.25) is 0 Å². The number of rotatable bonds is 9. The molecule has 0 unspecified atom stereocenters. The smallest absolute Gasteiger partial charge is 0.131 e. The van der Waals surface area contributed by atoms with Crippen LogP contribution in [0.15, 0.2) is 89.2 Å². The highest BCUT2D eigenvalue weighted by atomic mass is 14.9. The largest absolute Gasteiger partial charge is 0.383 e. The molecular formula is C31H48N4. The Labute approximate surface area is 215 Å². The van der Waals surface area contributed by atoms with Gasteiger partial charge in [0.05, 0.1) is 5.69 Å². The average Bonchev–Trinajstić information content (AvgIpc) is 2.92. The minimum absolute atomic E-state index is 0.535. The summed E-state index contributed by atoms with van der Waals surface area (Å²) in [7, 11) is 0. The number of pyridine rings is 1. The lowest BCUT2D eigenvalue weighted by molar-refractivity contribution is 0.795. The van der Waals surface area contributed by atoms with Crippen molar-refractivity contribution in [2.45, 2.75) is 81.1 Å². The van der Waals surface area contributed by atoms with Crippen LogP contribution < -0.4 is 5.73 Å². The van der Waals surface area contributed by atoms with Gasteiger partial charge in [0.15, 0.2) is 0 Å². The Bertz CT molecular complexity index is 889. The molecule has 0 bridgehead atoms. The van der Waals surface area contributed by atoms with Crippen LogP contribution in [0.4, 0.5) is 5.69 Å². The van der Waals surface area contributed by atoms with E-state index >= 15 is 0 Å². The van der Waals surface area contributed by atoms with Crippen LogP contribution in [0, 0.1) is 5.41 Å². The van der Waals surface area contributed by atoms with Gasteiger partial charge in [0.2, 0.25) is 0 Å². The van der Waals surface area contributed by atoms with Crippen LogP contribution in [-0.2, 0) is 6.42 Å². The second-order valence-corrected chi connectivity index (χ2v) is 7.08. The standard InChI is InChI=1S/C16H19N3.C11H17N.2C2H6/c1-2-3-4-13-5-7-14(8-6-13)16(17)19-15-9-11-18-12-10-15;1-4-6-7-8-10(3)11(5-2)9-12;2*1-2/h5-12H,2-4H2,1H3,(H2,17,18,19);5-9,12H,4H2,1-3H3;2*1-2H3/b;7-6+,10-8-,11-5-,12-9?;;. The molecule has 0 saturated carbocycles. The van der Waals surface area contributed by atoms with Gasteiger partial charge in [-0.25, -0.2) is 4.99 Å². The molecule has 2 rings (SSSR count). The highest BCUT2D eigenvalue weighted by Crippen LogP contribution is 2.12. The summed E-state index contributed by atoms with van der Waals surface area (Å²) in [6.45, 7) is 16.3. The predicted octanol–water partition coefficient (Wildman–Crippen LogP) is 9.01. The maximum Gasteiger partial charge on any atom is 0.131 e. The summed E-state index contributed by atoms with van der Waals surface area (Å²) in [5.41, 5.74) is 11.3. The molecule has 0 fully saturated rings. The quantitative estimate of drug-likeness (QED) is 0.215. The zero-order valence-electron chi connectivity index (χ0n) is 23.3. The van der Waals surface area contributed by atoms with Gasteiger partial charge in [-0.1, -0.05) is 96.5 Å². The fourth-order valence-electron chi connectivity index (χ4n) is 2.71. The summed E-state index contributed by atoms with van der Waals surface area (Å²) in [6.07, 6.45) is 17.5. The van der Waals surface area contributed by atoms with Gasteiger partial charge in [-0.05, 0) is 62.0 Å². The SMILES string of the molecule is CC.CC.CCCCc1ccc(C(N)=Nc2ccncc2)cc1.C\C=C(C=N)/C(C)=C\C=C\CC. The first-order valence-electron chi connectivity index (χ1n) is 12.9. The Morgan fingerprint density at radius 1 is 1.00 bits per heavy atom. The number of unbranched alkanes of at least 4 members (excludes halogenated alkanes) is 1. The first-order chi connectivity index (χ1) is 17.0. The molecule has 0 radical (unpaired) electrons. The Kier molecular flexibility index (Phi) is 23.1. The van der Waals surface area contributed by atoms with E-state index in [2.05, 4.69) is 42.0 Å². The molecule has 0 spiro atoms. The highest BCUT2D eigenvalue weighted by Gasteiger charge is 1.99. The minimum Gasteiger partial charge on any atom is -0.383 e. The summed E-state index contributed by atoms with van der Waals surface area (Å²) < 4.78 is 0. The first kappa shape index (κ1) is 33.9. The van der Waals surface area contributed by atoms with Crippen molar-refractivity contribution >= 4 is 17.7 Å². The fourth-order valence-corrected chi connectivity index (χ4v) is 2.71. The number of aryl methyl sites for hydroxylation is 1. The second kappa shape index (κ2) is 23.9. The molecule has 1 aromatic heterocycles. The van der Waals surface area contributed by atoms with Crippen molar-refractivity contribution in [1.29, 1.82) is 5.41 Å². The van der Waals surface area contributed by atoms with Crippen molar-refractivity contribution in [1.82, 2.24) is 4.98 Å². The maximum atomic E-state index is 7.11. The Balaban J connectivity index is 0. The lowest BCUT2D eigenvalue weighted by Gasteiger charge is -2.04. The molecule has 4 heteroatoms. The molecule has 0 amide bonds. The first-order valence-corrected chi connectivity index (χ1v) is 12.9. The van der Waals surface area contributed by atoms with Crippen molar-refractivity contribution < 1.29 is 0 Å². The van der Waals surface area contributed by atoms with E-state index in [0.717, 1.165) is 35.2 Å². The topological polar surface area (TPSA) is 75.1 Å². The zero-order valence-corrected chi connectivity index (χ0v) is 23.3. The van der Waals surface area contributed by atoms with Crippen molar-refractivity contribution in [3.05, 3.63) is 95.4 Å². The number of hydrogen-bond donors (Lipinski definition) is 2. The van der Waals surface area contributed by atoms with Crippen molar-refractivity contribution in [3.63, 3.8) is 0 Å². The van der Waals surface area contributed by atoms with E-state index in [0.29, 0.717) is 5.84 Å². The van der Waals surface area contributed by atoms with Crippen molar-refractivity contribution in [2.75, 3.05) is 0 Å². The molecule has 0 saturated heterocycles. The van der Waals surface area contributed by atoms with Gasteiger partial charge in [0, 0.05) is 24.2 Å². The average molecular weight is 477 g/mol. The molecule has 2 aromatic rings. The Hall–Kier alpha value is -3.27. The van der Waals surface area contributed by atoms with E-state index in [1.54, 1.807) is 12.4 Å². The second-order valence-electron chi connectivity index (χ2n) is 7.08. The summed E-state index contributed by atoms with van der Waals surface area (Å²) in [5.74, 6) is 0.535. The molecule has 0 aliphatic heterocycles. The Morgan fingerprint density at radius 3 is 2.09 bits per heavy atom. The summed E-state index contributed by atoms with van der Waals surface area (Å²) in [5, 5.41) is 7.11. The van der Waals surface area contributed by atoms with Gasteiger partial charge in [0.25, 0.3) is 0 Å². The number of nitrogens with zero attached hydrogens (tertiary/aromatic N) is 2. The van der Waals surface area contributed by atoms with Crippen LogP contribution >= 0.6 is 0 Å². The number of allylic oxidation sites excluding steroid dienone is 6. The molecule has 35 heavy (non-hydrogen) atoms. The number of benzene rings is 1. The molecule has 4 nitrogen and oxygen atoms in total. The molecule has 3 N–H and O–H groups in total. The van der Waals surface area contributed by atoms with Gasteiger partial charge in [-0.3, -0.25) is 4.98 Å². The van der Waals surface area contributed by atoms with Crippen LogP contribution in [0.1, 0.15) is 85.8 Å². The van der Waals surface area contributed by atoms with Gasteiger partial charge in [-0.2, -0.15) is 0 Å². The fraction of sp³-hybridized carbons (Fsp3) is 0.387. The van der Waals surface area contributed by atoms with E-state index in [4.69, 9.17) is 11.1 Å². The van der Waals surface area contributed by atoms with Gasteiger partial charge >= 0.3 is 0 Å². The van der Waals surface area contributed by atoms with E-state index in [9.17, 15) is 0 Å². The van der Waals surface area contributed by atoms with E-state index in [1.807, 2.05) is 84.0 Å². The summed E-state index contributed by atoms with van der Waals surface area (Å²) >= 11 is 0. The molecule has 0 aliphatic carbocycles. The monoisotopic (exact) mass is 476 g/mol. The van der Waals surface area contributed by atoms with Gasteiger partial charge in [-0.15, -0.1) is 0 Å². The normalized spacial score (nSPS) is 11.4. The number of hydrogen-bond acceptors (Lipinski definition) is 3. The third kappa shape index (κ3) is 16.1. The number of nitrogens with one attached hydrogen (secondary N) is 1. The van der Waals surface area contributed by atoms with E-state index in [-0.39, 0.29) is 0 Å². The van der Waals surface area contributed by atoms with Crippen LogP contribution in [0.3, 0.4) is 0 Å². The predicted molar refractivity (Wildman–Crippen MR) is 158 cm³/mol. The minimum atomic E-state index is 0.535. The number of aliphatic imine (C=N–C) groups is 1. The Morgan fingerprint density at radius 2 is 1.60 bits per heavy atom. The molecule has 0 atom stereocenters. The van der Waals surface area contributed by atoms with Gasteiger partial charge < -0.3 is 11.1 Å². The summed E-state index contributed by atoms with van der Waals surface area (Å²) in [4.78, 5) is 8.33. The number of amidine groups is 1. The molecule has 0 aliphatic rings. The lowest BCUT2D eigenvalue weighted by atomic mass is 10.1. The van der Waals surface area contributed by atoms with Crippen LogP contribution in [-0.4, -0.2) is 17.0 Å². The maximum absolute atomic E-state index is 7.11. The molecule has 1 aromatic carbocycles. The van der Waals surface area contributed by atoms with Crippen molar-refractivity contribution in [2.24, 2.45) is 10.7 Å². The zero-order chi connectivity index (χ0) is 26.9. The molecular weight excluding hydrogens is 428 g/mol. The van der Waals surface area contributed by atoms with Crippen molar-refractivity contribution in [3.8, 4) is 0 Å². The highest BCUT2D eigenvalue weighted by molar-refractivity contribution is 5.99. The third-order valence-corrected chi connectivity index (χ3v) is 4.62. The summed E-state index contributed by atoms with van der Waals surface area (Å²) in [6, 6.07) is 12.0. The number of nitrogens with two attached hydrogens (primary N) is 1. The van der Waals surface area contributed by atoms with Crippen LogP contribution in [0.25, 0.3) is 0 Å². The lowest BCUT2D eigenvalue weighted by Crippen LogP contribution is -2.12. The van der Waals surface area contributed by atoms with E-state index in [1.165, 1.54) is 24.6 Å².